The first-order valence-electron chi connectivity index (χ1n) is 10.6. The lowest BCUT2D eigenvalue weighted by molar-refractivity contribution is -0.144. The number of hydrogen-bond acceptors (Lipinski definition) is 5. The van der Waals surface area contributed by atoms with Crippen LogP contribution in [0.5, 0.6) is 5.75 Å². The average Bonchev–Trinajstić information content (AvgIpc) is 2.77. The third-order valence-electron chi connectivity index (χ3n) is 5.27. The molecule has 0 spiro atoms. The van der Waals surface area contributed by atoms with E-state index < -0.39 is 0 Å². The van der Waals surface area contributed by atoms with Crippen LogP contribution in [0.2, 0.25) is 0 Å². The largest absolute Gasteiger partial charge is 0.497 e. The Morgan fingerprint density at radius 1 is 1.13 bits per heavy atom. The molecule has 8 heteroatoms. The van der Waals surface area contributed by atoms with Gasteiger partial charge in [-0.2, -0.15) is 0 Å². The second-order valence-electron chi connectivity index (χ2n) is 7.41. The summed E-state index contributed by atoms with van der Waals surface area (Å²) >= 11 is 0. The minimum absolute atomic E-state index is 0. The smallest absolute Gasteiger partial charge is 0.310 e. The van der Waals surface area contributed by atoms with Crippen molar-refractivity contribution in [2.75, 3.05) is 46.9 Å². The highest BCUT2D eigenvalue weighted by Crippen LogP contribution is 2.25. The molecule has 170 valence electrons. The normalized spacial score (nSPS) is 16.7. The summed E-state index contributed by atoms with van der Waals surface area (Å²) in [4.78, 5) is 18.8. The molecule has 1 fully saturated rings. The number of nitrogens with zero attached hydrogens (tertiary/aromatic N) is 2. The number of aliphatic imine (C=N–C) groups is 1. The Kier molecular flexibility index (Phi) is 12.8. The molecule has 0 saturated carbocycles. The average molecular weight is 532 g/mol. The molecule has 1 aliphatic rings. The monoisotopic (exact) mass is 532 g/mol. The van der Waals surface area contributed by atoms with Crippen molar-refractivity contribution in [1.82, 2.24) is 15.5 Å². The Morgan fingerprint density at radius 2 is 1.80 bits per heavy atom. The summed E-state index contributed by atoms with van der Waals surface area (Å²) in [6, 6.07) is 8.57. The van der Waals surface area contributed by atoms with E-state index in [0.717, 1.165) is 37.9 Å². The number of likely N-dealkylation sites (tertiary alicyclic amines) is 1. The number of esters is 1. The number of ether oxygens (including phenoxy) is 2. The van der Waals surface area contributed by atoms with Gasteiger partial charge in [-0.1, -0.05) is 25.5 Å². The van der Waals surface area contributed by atoms with Gasteiger partial charge in [0.15, 0.2) is 5.96 Å². The van der Waals surface area contributed by atoms with Crippen LogP contribution in [0.4, 0.5) is 0 Å². The molecule has 0 bridgehead atoms. The standard InChI is InChI=1S/C22H36N4O3.HI/c1-5-23-22(24-15-17(2)21(27)29-4)25-16-20(26-13-7-6-8-14-26)18-9-11-19(28-3)12-10-18;/h9-12,17,20H,5-8,13-16H2,1-4H3,(H2,23,24,25);1H. The number of hydrogen-bond donors (Lipinski definition) is 2. The van der Waals surface area contributed by atoms with Crippen LogP contribution < -0.4 is 15.4 Å². The van der Waals surface area contributed by atoms with Gasteiger partial charge in [0.25, 0.3) is 0 Å². The molecule has 7 nitrogen and oxygen atoms in total. The summed E-state index contributed by atoms with van der Waals surface area (Å²) in [7, 11) is 3.09. The van der Waals surface area contributed by atoms with Crippen molar-refractivity contribution in [3.63, 3.8) is 0 Å². The Morgan fingerprint density at radius 3 is 2.37 bits per heavy atom. The van der Waals surface area contributed by atoms with E-state index in [0.29, 0.717) is 6.54 Å². The molecule has 0 radical (unpaired) electrons. The van der Waals surface area contributed by atoms with E-state index in [1.54, 1.807) is 7.11 Å². The molecular weight excluding hydrogens is 495 g/mol. The number of halogens is 1. The summed E-state index contributed by atoms with van der Waals surface area (Å²) in [5, 5.41) is 6.74. The predicted octanol–water partition coefficient (Wildman–Crippen LogP) is 3.20. The molecule has 2 N–H and O–H groups in total. The van der Waals surface area contributed by atoms with Crippen molar-refractivity contribution >= 4 is 35.9 Å². The van der Waals surface area contributed by atoms with Gasteiger partial charge in [-0.25, -0.2) is 0 Å². The second-order valence-corrected chi connectivity index (χ2v) is 7.41. The molecule has 1 aliphatic heterocycles. The zero-order valence-electron chi connectivity index (χ0n) is 18.6. The van der Waals surface area contributed by atoms with Crippen molar-refractivity contribution in [3.8, 4) is 5.75 Å². The van der Waals surface area contributed by atoms with Crippen molar-refractivity contribution in [3.05, 3.63) is 29.8 Å². The first kappa shape index (κ1) is 26.5. The van der Waals surface area contributed by atoms with Crippen LogP contribution in [0, 0.1) is 5.92 Å². The lowest BCUT2D eigenvalue weighted by Crippen LogP contribution is -2.44. The Hall–Kier alpha value is -1.55. The number of guanidine groups is 1. The Bertz CT molecular complexity index is 648. The second kappa shape index (κ2) is 14.5. The molecule has 0 amide bonds. The molecule has 0 aliphatic carbocycles. The lowest BCUT2D eigenvalue weighted by atomic mass is 10.0. The first-order valence-corrected chi connectivity index (χ1v) is 10.6. The molecule has 2 rings (SSSR count). The van der Waals surface area contributed by atoms with E-state index in [-0.39, 0.29) is 41.9 Å². The lowest BCUT2D eigenvalue weighted by Gasteiger charge is -2.35. The number of benzene rings is 1. The van der Waals surface area contributed by atoms with Gasteiger partial charge in [0, 0.05) is 13.1 Å². The molecule has 2 unspecified atom stereocenters. The fourth-order valence-corrected chi connectivity index (χ4v) is 3.55. The van der Waals surface area contributed by atoms with E-state index in [4.69, 9.17) is 9.47 Å². The van der Waals surface area contributed by atoms with E-state index in [1.165, 1.54) is 31.9 Å². The quantitative estimate of drug-likeness (QED) is 0.220. The van der Waals surface area contributed by atoms with Crippen molar-refractivity contribution in [1.29, 1.82) is 0 Å². The van der Waals surface area contributed by atoms with Gasteiger partial charge in [-0.15, -0.1) is 24.0 Å². The van der Waals surface area contributed by atoms with Crippen molar-refractivity contribution < 1.29 is 14.3 Å². The van der Waals surface area contributed by atoms with Gasteiger partial charge in [-0.3, -0.25) is 14.7 Å². The van der Waals surface area contributed by atoms with Gasteiger partial charge >= 0.3 is 5.97 Å². The minimum atomic E-state index is -0.269. The van der Waals surface area contributed by atoms with Crippen LogP contribution in [0.3, 0.4) is 0 Å². The molecule has 30 heavy (non-hydrogen) atoms. The maximum atomic E-state index is 11.6. The summed E-state index contributed by atoms with van der Waals surface area (Å²) in [6.45, 7) is 7.95. The molecule has 1 aromatic carbocycles. The predicted molar refractivity (Wildman–Crippen MR) is 132 cm³/mol. The van der Waals surface area contributed by atoms with Gasteiger partial charge < -0.3 is 20.1 Å². The van der Waals surface area contributed by atoms with Crippen molar-refractivity contribution in [2.24, 2.45) is 10.9 Å². The molecular formula is C22H37IN4O3. The number of carbonyl (C=O) groups excluding carboxylic acids is 1. The fraction of sp³-hybridized carbons (Fsp3) is 0.636. The van der Waals surface area contributed by atoms with Crippen LogP contribution >= 0.6 is 24.0 Å². The number of methoxy groups -OCH3 is 2. The zero-order chi connectivity index (χ0) is 21.1. The van der Waals surface area contributed by atoms with Gasteiger partial charge in [0.05, 0.1) is 32.7 Å². The number of carbonyl (C=O) groups is 1. The summed E-state index contributed by atoms with van der Waals surface area (Å²) in [5.41, 5.74) is 1.26. The number of piperidine rings is 1. The van der Waals surface area contributed by atoms with Crippen LogP contribution in [-0.2, 0) is 9.53 Å². The zero-order valence-corrected chi connectivity index (χ0v) is 21.0. The number of nitrogens with one attached hydrogen (secondary N) is 2. The molecule has 0 aromatic heterocycles. The van der Waals surface area contributed by atoms with E-state index in [1.807, 2.05) is 26.0 Å². The van der Waals surface area contributed by atoms with E-state index in [9.17, 15) is 4.79 Å². The first-order chi connectivity index (χ1) is 14.1. The minimum Gasteiger partial charge on any atom is -0.497 e. The van der Waals surface area contributed by atoms with Crippen molar-refractivity contribution in [2.45, 2.75) is 39.2 Å². The molecule has 1 heterocycles. The topological polar surface area (TPSA) is 75.2 Å². The van der Waals surface area contributed by atoms with Crippen LogP contribution in [0.15, 0.2) is 29.3 Å². The van der Waals surface area contributed by atoms with Gasteiger partial charge in [0.1, 0.15) is 5.75 Å². The highest BCUT2D eigenvalue weighted by molar-refractivity contribution is 14.0. The maximum absolute atomic E-state index is 11.6. The molecule has 1 aromatic rings. The van der Waals surface area contributed by atoms with E-state index in [2.05, 4.69) is 32.7 Å². The van der Waals surface area contributed by atoms with Gasteiger partial charge in [-0.05, 0) is 50.6 Å². The van der Waals surface area contributed by atoms with Crippen LogP contribution in [0.25, 0.3) is 0 Å². The fourth-order valence-electron chi connectivity index (χ4n) is 3.55. The summed E-state index contributed by atoms with van der Waals surface area (Å²) in [5.74, 6) is 1.08. The summed E-state index contributed by atoms with van der Waals surface area (Å²) in [6.07, 6.45) is 3.77. The number of rotatable bonds is 9. The SMILES string of the molecule is CCNC(=NCC(C)C(=O)OC)NCC(c1ccc(OC)cc1)N1CCCCC1.I. The van der Waals surface area contributed by atoms with Crippen LogP contribution in [0.1, 0.15) is 44.7 Å². The third kappa shape index (κ3) is 8.29. The Balaban J connectivity index is 0.00000450. The maximum Gasteiger partial charge on any atom is 0.310 e. The highest BCUT2D eigenvalue weighted by atomic mass is 127. The van der Waals surface area contributed by atoms with Gasteiger partial charge in [0.2, 0.25) is 0 Å². The third-order valence-corrected chi connectivity index (χ3v) is 5.27. The van der Waals surface area contributed by atoms with Crippen LogP contribution in [-0.4, -0.2) is 63.8 Å². The van der Waals surface area contributed by atoms with E-state index >= 15 is 0 Å². The Labute approximate surface area is 198 Å². The molecule has 2 atom stereocenters. The molecule has 1 saturated heterocycles. The summed E-state index contributed by atoms with van der Waals surface area (Å²) < 4.78 is 10.1. The highest BCUT2D eigenvalue weighted by Gasteiger charge is 2.23.